The predicted molar refractivity (Wildman–Crippen MR) is 85.5 cm³/mol. The van der Waals surface area contributed by atoms with E-state index in [1.54, 1.807) is 25.6 Å². The number of hydrogen-bond acceptors (Lipinski definition) is 5. The number of nitrogens with zero attached hydrogens (tertiary/aromatic N) is 4. The highest BCUT2D eigenvalue weighted by Crippen LogP contribution is 2.14. The van der Waals surface area contributed by atoms with Gasteiger partial charge in [-0.15, -0.1) is 0 Å². The third kappa shape index (κ3) is 4.46. The lowest BCUT2D eigenvalue weighted by molar-refractivity contribution is 0.121. The lowest BCUT2D eigenvalue weighted by Gasteiger charge is -2.34. The monoisotopic (exact) mass is 316 g/mol. The fourth-order valence-electron chi connectivity index (χ4n) is 2.82. The molecule has 6 heteroatoms. The van der Waals surface area contributed by atoms with Crippen LogP contribution in [0.3, 0.4) is 0 Å². The molecule has 1 aliphatic heterocycles. The molecule has 0 saturated carbocycles. The molecule has 0 spiro atoms. The van der Waals surface area contributed by atoms with E-state index < -0.39 is 0 Å². The van der Waals surface area contributed by atoms with Gasteiger partial charge in [-0.25, -0.2) is 9.37 Å². The Kier molecular flexibility index (Phi) is 5.15. The van der Waals surface area contributed by atoms with E-state index in [9.17, 15) is 4.39 Å². The zero-order valence-electron chi connectivity index (χ0n) is 13.3. The molecule has 0 bridgehead atoms. The van der Waals surface area contributed by atoms with Gasteiger partial charge < -0.3 is 4.74 Å². The summed E-state index contributed by atoms with van der Waals surface area (Å²) in [6.07, 6.45) is 4.75. The molecular formula is C17H21FN4O. The second kappa shape index (κ2) is 7.48. The van der Waals surface area contributed by atoms with Crippen LogP contribution in [0.1, 0.15) is 11.1 Å². The van der Waals surface area contributed by atoms with Crippen molar-refractivity contribution in [3.63, 3.8) is 0 Å². The van der Waals surface area contributed by atoms with Crippen LogP contribution in [0.4, 0.5) is 4.39 Å². The standard InChI is InChI=1S/C17H21FN4O/c1-23-17-9-14(2-3-20-17)12-21-4-6-22(7-5-21)13-15-8-16(18)11-19-10-15/h2-3,8-11H,4-7,12-13H2,1H3. The molecule has 0 aliphatic carbocycles. The number of rotatable bonds is 5. The van der Waals surface area contributed by atoms with Gasteiger partial charge >= 0.3 is 0 Å². The molecule has 1 aliphatic rings. The van der Waals surface area contributed by atoms with Crippen molar-refractivity contribution in [2.75, 3.05) is 33.3 Å². The maximum atomic E-state index is 13.2. The molecule has 5 nitrogen and oxygen atoms in total. The van der Waals surface area contributed by atoms with Gasteiger partial charge in [0.05, 0.1) is 13.3 Å². The van der Waals surface area contributed by atoms with Gasteiger partial charge in [-0.2, -0.15) is 0 Å². The van der Waals surface area contributed by atoms with E-state index in [1.807, 2.05) is 12.1 Å². The minimum Gasteiger partial charge on any atom is -0.481 e. The Morgan fingerprint density at radius 2 is 1.74 bits per heavy atom. The predicted octanol–water partition coefficient (Wildman–Crippen LogP) is 1.94. The zero-order valence-corrected chi connectivity index (χ0v) is 13.3. The van der Waals surface area contributed by atoms with Gasteiger partial charge in [-0.1, -0.05) is 0 Å². The van der Waals surface area contributed by atoms with Gasteiger partial charge in [-0.05, 0) is 23.3 Å². The lowest BCUT2D eigenvalue weighted by atomic mass is 10.2. The summed E-state index contributed by atoms with van der Waals surface area (Å²) in [7, 11) is 1.63. The first-order valence-corrected chi connectivity index (χ1v) is 7.76. The SMILES string of the molecule is COc1cc(CN2CCN(Cc3cncc(F)c3)CC2)ccn1. The van der Waals surface area contributed by atoms with Crippen LogP contribution in [0.2, 0.25) is 0 Å². The Hall–Kier alpha value is -2.05. The Labute approximate surface area is 135 Å². The van der Waals surface area contributed by atoms with E-state index in [-0.39, 0.29) is 5.82 Å². The number of piperazine rings is 1. The van der Waals surface area contributed by atoms with Crippen LogP contribution in [-0.2, 0) is 13.1 Å². The highest BCUT2D eigenvalue weighted by Gasteiger charge is 2.17. The average molecular weight is 316 g/mol. The average Bonchev–Trinajstić information content (AvgIpc) is 2.57. The number of methoxy groups -OCH3 is 1. The molecule has 122 valence electrons. The third-order valence-corrected chi connectivity index (χ3v) is 4.05. The second-order valence-electron chi connectivity index (χ2n) is 5.77. The molecule has 0 aromatic carbocycles. The van der Waals surface area contributed by atoms with Crippen molar-refractivity contribution in [3.8, 4) is 5.88 Å². The summed E-state index contributed by atoms with van der Waals surface area (Å²) in [6.45, 7) is 5.58. The van der Waals surface area contributed by atoms with E-state index in [1.165, 1.54) is 11.8 Å². The molecular weight excluding hydrogens is 295 g/mol. The maximum Gasteiger partial charge on any atom is 0.213 e. The Balaban J connectivity index is 1.50. The summed E-state index contributed by atoms with van der Waals surface area (Å²) in [5, 5.41) is 0. The second-order valence-corrected chi connectivity index (χ2v) is 5.77. The normalized spacial score (nSPS) is 16.4. The van der Waals surface area contributed by atoms with Gasteiger partial charge in [0.25, 0.3) is 0 Å². The molecule has 0 amide bonds. The van der Waals surface area contributed by atoms with E-state index in [0.717, 1.165) is 44.8 Å². The molecule has 0 radical (unpaired) electrons. The molecule has 0 unspecified atom stereocenters. The van der Waals surface area contributed by atoms with Crippen LogP contribution in [0.25, 0.3) is 0 Å². The van der Waals surface area contributed by atoms with Gasteiger partial charge in [0, 0.05) is 57.7 Å². The zero-order chi connectivity index (χ0) is 16.1. The minimum absolute atomic E-state index is 0.271. The summed E-state index contributed by atoms with van der Waals surface area (Å²) < 4.78 is 18.3. The number of hydrogen-bond donors (Lipinski definition) is 0. The van der Waals surface area contributed by atoms with Crippen molar-refractivity contribution >= 4 is 0 Å². The van der Waals surface area contributed by atoms with Gasteiger partial charge in [0.15, 0.2) is 0 Å². The van der Waals surface area contributed by atoms with Crippen molar-refractivity contribution in [2.24, 2.45) is 0 Å². The minimum atomic E-state index is -0.271. The Bertz CT molecular complexity index is 644. The van der Waals surface area contributed by atoms with E-state index >= 15 is 0 Å². The molecule has 0 N–H and O–H groups in total. The van der Waals surface area contributed by atoms with Crippen LogP contribution in [0.15, 0.2) is 36.8 Å². The lowest BCUT2D eigenvalue weighted by Crippen LogP contribution is -2.45. The van der Waals surface area contributed by atoms with Crippen molar-refractivity contribution < 1.29 is 9.13 Å². The van der Waals surface area contributed by atoms with E-state index in [2.05, 4.69) is 19.8 Å². The van der Waals surface area contributed by atoms with Crippen molar-refractivity contribution in [1.29, 1.82) is 0 Å². The summed E-state index contributed by atoms with van der Waals surface area (Å²) in [6, 6.07) is 5.56. The summed E-state index contributed by atoms with van der Waals surface area (Å²) in [5.74, 6) is 0.382. The van der Waals surface area contributed by atoms with E-state index in [4.69, 9.17) is 4.74 Å². The van der Waals surface area contributed by atoms with Gasteiger partial charge in [-0.3, -0.25) is 14.8 Å². The molecule has 0 atom stereocenters. The molecule has 2 aromatic heterocycles. The molecule has 23 heavy (non-hydrogen) atoms. The fraction of sp³-hybridized carbons (Fsp3) is 0.412. The molecule has 3 heterocycles. The number of halogens is 1. The van der Waals surface area contributed by atoms with Gasteiger partial charge in [0.2, 0.25) is 5.88 Å². The van der Waals surface area contributed by atoms with Crippen LogP contribution < -0.4 is 4.74 Å². The van der Waals surface area contributed by atoms with Crippen LogP contribution in [0, 0.1) is 5.82 Å². The first-order chi connectivity index (χ1) is 11.2. The van der Waals surface area contributed by atoms with Crippen LogP contribution >= 0.6 is 0 Å². The quantitative estimate of drug-likeness (QED) is 0.843. The summed E-state index contributed by atoms with van der Waals surface area (Å²) in [5.41, 5.74) is 2.14. The summed E-state index contributed by atoms with van der Waals surface area (Å²) in [4.78, 5) is 12.8. The fourth-order valence-corrected chi connectivity index (χ4v) is 2.82. The van der Waals surface area contributed by atoms with Crippen molar-refractivity contribution in [1.82, 2.24) is 19.8 Å². The largest absolute Gasteiger partial charge is 0.481 e. The Morgan fingerprint density at radius 3 is 2.39 bits per heavy atom. The van der Waals surface area contributed by atoms with Crippen LogP contribution in [-0.4, -0.2) is 53.1 Å². The number of ether oxygens (including phenoxy) is 1. The molecule has 1 saturated heterocycles. The van der Waals surface area contributed by atoms with E-state index in [0.29, 0.717) is 5.88 Å². The topological polar surface area (TPSA) is 41.5 Å². The Morgan fingerprint density at radius 1 is 1.04 bits per heavy atom. The summed E-state index contributed by atoms with van der Waals surface area (Å²) >= 11 is 0. The first-order valence-electron chi connectivity index (χ1n) is 7.76. The maximum absolute atomic E-state index is 13.2. The molecule has 2 aromatic rings. The highest BCUT2D eigenvalue weighted by atomic mass is 19.1. The van der Waals surface area contributed by atoms with Crippen molar-refractivity contribution in [2.45, 2.75) is 13.1 Å². The molecule has 3 rings (SSSR count). The highest BCUT2D eigenvalue weighted by molar-refractivity contribution is 5.20. The molecule has 1 fully saturated rings. The number of aromatic nitrogens is 2. The number of pyridine rings is 2. The van der Waals surface area contributed by atoms with Gasteiger partial charge in [0.1, 0.15) is 5.82 Å². The van der Waals surface area contributed by atoms with Crippen molar-refractivity contribution in [3.05, 3.63) is 53.7 Å². The van der Waals surface area contributed by atoms with Crippen LogP contribution in [0.5, 0.6) is 5.88 Å². The smallest absolute Gasteiger partial charge is 0.213 e. The first kappa shape index (κ1) is 15.8. The third-order valence-electron chi connectivity index (χ3n) is 4.05.